The number of hydrogen-bond donors (Lipinski definition) is 0. The number of ether oxygens (including phenoxy) is 2. The Morgan fingerprint density at radius 2 is 1.36 bits per heavy atom. The summed E-state index contributed by atoms with van der Waals surface area (Å²) in [5.74, 6) is 0. The lowest BCUT2D eigenvalue weighted by Crippen LogP contribution is -2.29. The van der Waals surface area contributed by atoms with Crippen LogP contribution in [0.5, 0.6) is 0 Å². The molecule has 0 amide bonds. The maximum absolute atomic E-state index is 8.28. The van der Waals surface area contributed by atoms with Crippen molar-refractivity contribution in [3.8, 4) is 0 Å². The second-order valence-corrected chi connectivity index (χ2v) is 3.14. The van der Waals surface area contributed by atoms with Crippen LogP contribution in [0.15, 0.2) is 10.2 Å². The van der Waals surface area contributed by atoms with Crippen LogP contribution in [0, 0.1) is 0 Å². The lowest BCUT2D eigenvalue weighted by molar-refractivity contribution is 0.0692. The highest BCUT2D eigenvalue weighted by molar-refractivity contribution is 5.00. The molecule has 14 heavy (non-hydrogen) atoms. The molecule has 74 valence electrons. The Hall–Kier alpha value is -1.46. The van der Waals surface area contributed by atoms with Gasteiger partial charge in [-0.1, -0.05) is 10.2 Å². The summed E-state index contributed by atoms with van der Waals surface area (Å²) in [5, 5.41) is 7.11. The lowest BCUT2D eigenvalue weighted by atomic mass is 10.1. The molecule has 2 aliphatic rings. The van der Waals surface area contributed by atoms with Gasteiger partial charge in [-0.25, -0.2) is 0 Å². The van der Waals surface area contributed by atoms with Crippen LogP contribution in [-0.4, -0.2) is 37.5 Å². The van der Waals surface area contributed by atoms with E-state index in [1.807, 2.05) is 0 Å². The highest BCUT2D eigenvalue weighted by Gasteiger charge is 2.46. The van der Waals surface area contributed by atoms with E-state index < -0.39 is 0 Å². The van der Waals surface area contributed by atoms with Gasteiger partial charge in [-0.15, -0.1) is 0 Å². The van der Waals surface area contributed by atoms with Crippen LogP contribution in [0.3, 0.4) is 0 Å². The predicted octanol–water partition coefficient (Wildman–Crippen LogP) is 1.14. The number of azide groups is 2. The van der Waals surface area contributed by atoms with E-state index in [2.05, 4.69) is 20.1 Å². The molecule has 0 radical (unpaired) electrons. The molecule has 4 unspecified atom stereocenters. The Kier molecular flexibility index (Phi) is 2.43. The van der Waals surface area contributed by atoms with Crippen molar-refractivity contribution < 1.29 is 9.47 Å². The van der Waals surface area contributed by atoms with Gasteiger partial charge < -0.3 is 9.47 Å². The SMILES string of the molecule is [N-]=[N+]=NC1COC2C(N=[N+]=[N-])COC12. The molecule has 0 spiro atoms. The first-order valence-corrected chi connectivity index (χ1v) is 4.18. The molecule has 0 aromatic heterocycles. The lowest BCUT2D eigenvalue weighted by Gasteiger charge is -2.10. The minimum Gasteiger partial charge on any atom is -0.374 e. The molecule has 4 atom stereocenters. The quantitative estimate of drug-likeness (QED) is 0.374. The fraction of sp³-hybridized carbons (Fsp3) is 1.00. The Morgan fingerprint density at radius 3 is 1.71 bits per heavy atom. The van der Waals surface area contributed by atoms with E-state index in [0.29, 0.717) is 13.2 Å². The fourth-order valence-electron chi connectivity index (χ4n) is 1.79. The molecule has 2 rings (SSSR count). The van der Waals surface area contributed by atoms with Crippen molar-refractivity contribution in [2.75, 3.05) is 13.2 Å². The Labute approximate surface area is 79.0 Å². The maximum Gasteiger partial charge on any atom is 0.0948 e. The van der Waals surface area contributed by atoms with Gasteiger partial charge in [0.2, 0.25) is 0 Å². The second-order valence-electron chi connectivity index (χ2n) is 3.14. The first-order valence-electron chi connectivity index (χ1n) is 4.18. The van der Waals surface area contributed by atoms with Gasteiger partial charge in [0.15, 0.2) is 0 Å². The summed E-state index contributed by atoms with van der Waals surface area (Å²) in [7, 11) is 0. The molecule has 0 saturated carbocycles. The zero-order valence-electron chi connectivity index (χ0n) is 7.22. The molecule has 2 heterocycles. The Morgan fingerprint density at radius 1 is 0.929 bits per heavy atom. The van der Waals surface area contributed by atoms with E-state index in [-0.39, 0.29) is 24.3 Å². The van der Waals surface area contributed by atoms with Gasteiger partial charge >= 0.3 is 0 Å². The highest BCUT2D eigenvalue weighted by atomic mass is 16.6. The molecule has 0 N–H and O–H groups in total. The Bertz CT molecular complexity index is 288. The third-order valence-corrected chi connectivity index (χ3v) is 2.40. The number of fused-ring (bicyclic) bond motifs is 1. The van der Waals surface area contributed by atoms with Crippen LogP contribution in [0.25, 0.3) is 20.9 Å². The molecule has 8 nitrogen and oxygen atoms in total. The van der Waals surface area contributed by atoms with E-state index in [1.165, 1.54) is 0 Å². The van der Waals surface area contributed by atoms with Crippen molar-refractivity contribution >= 4 is 0 Å². The van der Waals surface area contributed by atoms with Gasteiger partial charge in [-0.3, -0.25) is 0 Å². The fourth-order valence-corrected chi connectivity index (χ4v) is 1.79. The minimum atomic E-state index is -0.302. The molecule has 2 aliphatic heterocycles. The van der Waals surface area contributed by atoms with E-state index in [4.69, 9.17) is 20.5 Å². The molecule has 0 aromatic rings. The average molecular weight is 196 g/mol. The van der Waals surface area contributed by atoms with Crippen LogP contribution in [0.2, 0.25) is 0 Å². The summed E-state index contributed by atoms with van der Waals surface area (Å²) in [6.45, 7) is 0.660. The summed E-state index contributed by atoms with van der Waals surface area (Å²) in [6.07, 6.45) is -0.525. The molecular formula is C6H8N6O2. The maximum atomic E-state index is 8.28. The second kappa shape index (κ2) is 3.73. The van der Waals surface area contributed by atoms with Gasteiger partial charge in [-0.05, 0) is 11.1 Å². The summed E-state index contributed by atoms with van der Waals surface area (Å²) in [5.41, 5.74) is 16.6. The molecule has 2 fully saturated rings. The van der Waals surface area contributed by atoms with Crippen LogP contribution in [-0.2, 0) is 9.47 Å². The van der Waals surface area contributed by atoms with Crippen LogP contribution < -0.4 is 0 Å². The van der Waals surface area contributed by atoms with Gasteiger partial charge in [0.05, 0.1) is 37.5 Å². The van der Waals surface area contributed by atoms with Crippen molar-refractivity contribution in [2.24, 2.45) is 10.2 Å². The average Bonchev–Trinajstić information content (AvgIpc) is 2.72. The third-order valence-electron chi connectivity index (χ3n) is 2.40. The monoisotopic (exact) mass is 196 g/mol. The first kappa shape index (κ1) is 9.11. The molecule has 0 bridgehead atoms. The predicted molar refractivity (Wildman–Crippen MR) is 45.3 cm³/mol. The van der Waals surface area contributed by atoms with E-state index >= 15 is 0 Å². The largest absolute Gasteiger partial charge is 0.374 e. The van der Waals surface area contributed by atoms with E-state index in [9.17, 15) is 0 Å². The summed E-state index contributed by atoms with van der Waals surface area (Å²) >= 11 is 0. The van der Waals surface area contributed by atoms with Gasteiger partial charge in [0.1, 0.15) is 0 Å². The van der Waals surface area contributed by atoms with Crippen molar-refractivity contribution in [3.05, 3.63) is 20.9 Å². The van der Waals surface area contributed by atoms with Gasteiger partial charge in [0.25, 0.3) is 0 Å². The van der Waals surface area contributed by atoms with Crippen molar-refractivity contribution in [3.63, 3.8) is 0 Å². The summed E-state index contributed by atoms with van der Waals surface area (Å²) in [4.78, 5) is 5.42. The standard InChI is InChI=1S/C6H8N6O2/c7-11-9-3-1-13-6-4(10-12-8)2-14-5(3)6/h3-6H,1-2H2. The smallest absolute Gasteiger partial charge is 0.0948 e. The van der Waals surface area contributed by atoms with Crippen molar-refractivity contribution in [1.82, 2.24) is 0 Å². The van der Waals surface area contributed by atoms with Crippen molar-refractivity contribution in [1.29, 1.82) is 0 Å². The number of rotatable bonds is 2. The zero-order valence-corrected chi connectivity index (χ0v) is 7.22. The van der Waals surface area contributed by atoms with Gasteiger partial charge in [0, 0.05) is 9.82 Å². The Balaban J connectivity index is 2.11. The summed E-state index contributed by atoms with van der Waals surface area (Å²) < 4.78 is 10.7. The molecule has 0 aromatic carbocycles. The first-order chi connectivity index (χ1) is 6.86. The molecule has 8 heteroatoms. The highest BCUT2D eigenvalue weighted by Crippen LogP contribution is 2.30. The van der Waals surface area contributed by atoms with E-state index in [0.717, 1.165) is 0 Å². The number of nitrogens with zero attached hydrogens (tertiary/aromatic N) is 6. The molecular weight excluding hydrogens is 188 g/mol. The molecule has 2 saturated heterocycles. The van der Waals surface area contributed by atoms with Crippen LogP contribution in [0.4, 0.5) is 0 Å². The van der Waals surface area contributed by atoms with Crippen molar-refractivity contribution in [2.45, 2.75) is 24.3 Å². The van der Waals surface area contributed by atoms with Gasteiger partial charge in [-0.2, -0.15) is 0 Å². The summed E-state index contributed by atoms with van der Waals surface area (Å²) in [6, 6.07) is -0.604. The minimum absolute atomic E-state index is 0.263. The van der Waals surface area contributed by atoms with E-state index in [1.54, 1.807) is 0 Å². The topological polar surface area (TPSA) is 116 Å². The molecule has 0 aliphatic carbocycles. The number of hydrogen-bond acceptors (Lipinski definition) is 4. The van der Waals surface area contributed by atoms with Crippen LogP contribution in [0.1, 0.15) is 0 Å². The van der Waals surface area contributed by atoms with Crippen LogP contribution >= 0.6 is 0 Å². The normalized spacial score (nSPS) is 39.7. The zero-order chi connectivity index (χ0) is 9.97. The third kappa shape index (κ3) is 1.36.